The third-order valence-electron chi connectivity index (χ3n) is 9.60. The fraction of sp³-hybridized carbons (Fsp3) is 0.357. The van der Waals surface area contributed by atoms with Gasteiger partial charge >= 0.3 is 0 Å². The number of amides is 2. The van der Waals surface area contributed by atoms with Crippen molar-refractivity contribution in [2.75, 3.05) is 26.2 Å². The molecule has 0 saturated carbocycles. The molecular weight excluding hydrogens is 624 g/mol. The van der Waals surface area contributed by atoms with E-state index in [9.17, 15) is 9.59 Å². The minimum atomic E-state index is -0.400. The number of rotatable bonds is 7. The molecule has 8 heteroatoms. The monoisotopic (exact) mass is 672 g/mol. The van der Waals surface area contributed by atoms with E-state index in [0.29, 0.717) is 19.4 Å². The summed E-state index contributed by atoms with van der Waals surface area (Å²) in [6, 6.07) is 36.6. The second-order valence-electron chi connectivity index (χ2n) is 13.1. The molecule has 0 spiro atoms. The summed E-state index contributed by atoms with van der Waals surface area (Å²) in [6.07, 6.45) is 8.32. The first-order valence-corrected chi connectivity index (χ1v) is 18.0. The molecule has 2 saturated heterocycles. The van der Waals surface area contributed by atoms with E-state index in [0.717, 1.165) is 60.6 Å². The lowest BCUT2D eigenvalue weighted by Crippen LogP contribution is -2.40. The predicted octanol–water partition coefficient (Wildman–Crippen LogP) is 7.27. The van der Waals surface area contributed by atoms with E-state index >= 15 is 0 Å². The highest BCUT2D eigenvalue weighted by Gasteiger charge is 2.31. The first-order valence-electron chi connectivity index (χ1n) is 18.0. The number of carbonyl (C=O) groups is 2. The molecule has 260 valence electrons. The Morgan fingerprint density at radius 1 is 0.740 bits per heavy atom. The number of para-hydroxylation sites is 1. The summed E-state index contributed by atoms with van der Waals surface area (Å²) in [5, 5.41) is 7.96. The van der Waals surface area contributed by atoms with Crippen molar-refractivity contribution in [2.24, 2.45) is 7.05 Å². The molecule has 1 N–H and O–H groups in total. The van der Waals surface area contributed by atoms with E-state index in [1.807, 2.05) is 92.0 Å². The van der Waals surface area contributed by atoms with E-state index in [-0.39, 0.29) is 17.9 Å². The Kier molecular flexibility index (Phi) is 12.3. The van der Waals surface area contributed by atoms with Gasteiger partial charge in [-0.1, -0.05) is 78.9 Å². The largest absolute Gasteiger partial charge is 0.492 e. The first-order chi connectivity index (χ1) is 24.5. The highest BCUT2D eigenvalue weighted by Crippen LogP contribution is 2.32. The standard InChI is InChI=1S/C26H30N4O4.C10H12.C6H6/c1-29-23-17-20(7-8-21(23)25(28-29)22-9-10-24(31)27-26(22)32)34-19-11-13-30(14-12-19)15-16-33-18-5-3-2-4-6-18;1-2-6-10-8-4-3-7-9(10)5-1;1-2-4-6-5-3-1/h2-8,17,19,22H,9-16H2,1H3,(H,27,31,32);1-2,5-6H,3-4,7-8H2;1-6H. The van der Waals surface area contributed by atoms with Crippen LogP contribution in [-0.2, 0) is 29.5 Å². The molecule has 8 nitrogen and oxygen atoms in total. The van der Waals surface area contributed by atoms with Gasteiger partial charge in [-0.2, -0.15) is 5.10 Å². The minimum Gasteiger partial charge on any atom is -0.492 e. The first kappa shape index (κ1) is 34.9. The zero-order chi connectivity index (χ0) is 34.5. The Morgan fingerprint density at radius 3 is 2.00 bits per heavy atom. The van der Waals surface area contributed by atoms with E-state index in [1.165, 1.54) is 25.7 Å². The number of ether oxygens (including phenoxy) is 2. The summed E-state index contributed by atoms with van der Waals surface area (Å²) in [5.74, 6) is 0.844. The van der Waals surface area contributed by atoms with Crippen LogP contribution in [0, 0.1) is 0 Å². The van der Waals surface area contributed by atoms with Gasteiger partial charge in [0.05, 0.1) is 17.1 Å². The number of aryl methyl sites for hydroxylation is 3. The zero-order valence-electron chi connectivity index (χ0n) is 29.0. The third-order valence-corrected chi connectivity index (χ3v) is 9.60. The molecule has 5 aromatic rings. The van der Waals surface area contributed by atoms with Crippen LogP contribution in [-0.4, -0.2) is 58.8 Å². The minimum absolute atomic E-state index is 0.173. The predicted molar refractivity (Wildman–Crippen MR) is 197 cm³/mol. The maximum Gasteiger partial charge on any atom is 0.235 e. The molecule has 8 rings (SSSR count). The second-order valence-corrected chi connectivity index (χ2v) is 13.1. The molecule has 2 fully saturated rings. The lowest BCUT2D eigenvalue weighted by atomic mass is 9.92. The van der Waals surface area contributed by atoms with Crippen LogP contribution in [0.25, 0.3) is 10.9 Å². The van der Waals surface area contributed by atoms with Gasteiger partial charge < -0.3 is 9.47 Å². The quantitative estimate of drug-likeness (QED) is 0.183. The molecule has 0 radical (unpaired) electrons. The lowest BCUT2D eigenvalue weighted by molar-refractivity contribution is -0.134. The van der Waals surface area contributed by atoms with Gasteiger partial charge in [0.25, 0.3) is 0 Å². The van der Waals surface area contributed by atoms with Crippen LogP contribution in [0.5, 0.6) is 11.5 Å². The van der Waals surface area contributed by atoms with Crippen LogP contribution in [0.2, 0.25) is 0 Å². The number of benzene rings is 4. The number of nitrogens with zero attached hydrogens (tertiary/aromatic N) is 3. The lowest BCUT2D eigenvalue weighted by Gasteiger charge is -2.32. The van der Waals surface area contributed by atoms with Gasteiger partial charge in [0.1, 0.15) is 24.2 Å². The summed E-state index contributed by atoms with van der Waals surface area (Å²) in [5.41, 5.74) is 4.80. The van der Waals surface area contributed by atoms with Gasteiger partial charge in [-0.05, 0) is 80.3 Å². The third kappa shape index (κ3) is 9.60. The van der Waals surface area contributed by atoms with E-state index in [1.54, 1.807) is 15.8 Å². The molecule has 1 aromatic heterocycles. The van der Waals surface area contributed by atoms with Crippen molar-refractivity contribution in [1.82, 2.24) is 20.0 Å². The Morgan fingerprint density at radius 2 is 1.36 bits per heavy atom. The SMILES string of the molecule is Cn1nc(C2CCC(=O)NC2=O)c2ccc(OC3CCN(CCOc4ccccc4)CC3)cc21.c1ccc2c(c1)CCCC2.c1ccccc1. The smallest absolute Gasteiger partial charge is 0.235 e. The number of carbonyl (C=O) groups excluding carboxylic acids is 2. The molecule has 3 aliphatic rings. The molecule has 2 amide bonds. The summed E-state index contributed by atoms with van der Waals surface area (Å²) >= 11 is 0. The number of imide groups is 1. The number of piperidine rings is 2. The van der Waals surface area contributed by atoms with Crippen molar-refractivity contribution in [3.05, 3.63) is 126 Å². The topological polar surface area (TPSA) is 85.7 Å². The maximum atomic E-state index is 12.3. The second kappa shape index (κ2) is 17.6. The van der Waals surface area contributed by atoms with Crippen LogP contribution in [0.3, 0.4) is 0 Å². The number of nitrogens with one attached hydrogen (secondary N) is 1. The maximum absolute atomic E-state index is 12.3. The van der Waals surface area contributed by atoms with Gasteiger partial charge in [-0.25, -0.2) is 0 Å². The Balaban J connectivity index is 0.000000219. The number of hydrogen-bond donors (Lipinski definition) is 1. The van der Waals surface area contributed by atoms with Crippen molar-refractivity contribution < 1.29 is 19.1 Å². The van der Waals surface area contributed by atoms with Gasteiger partial charge in [-0.3, -0.25) is 24.5 Å². The van der Waals surface area contributed by atoms with Crippen molar-refractivity contribution >= 4 is 22.7 Å². The van der Waals surface area contributed by atoms with Crippen molar-refractivity contribution in [3.63, 3.8) is 0 Å². The summed E-state index contributed by atoms with van der Waals surface area (Å²) in [7, 11) is 1.87. The molecule has 1 aliphatic carbocycles. The Bertz CT molecular complexity index is 1760. The zero-order valence-corrected chi connectivity index (χ0v) is 29.0. The van der Waals surface area contributed by atoms with Gasteiger partial charge in [0, 0.05) is 44.6 Å². The average molecular weight is 673 g/mol. The van der Waals surface area contributed by atoms with Crippen LogP contribution in [0.15, 0.2) is 109 Å². The number of likely N-dealkylation sites (tertiary alicyclic amines) is 1. The molecule has 2 aliphatic heterocycles. The average Bonchev–Trinajstić information content (AvgIpc) is 3.49. The van der Waals surface area contributed by atoms with Crippen LogP contribution in [0.1, 0.15) is 61.3 Å². The van der Waals surface area contributed by atoms with E-state index in [2.05, 4.69) is 39.6 Å². The molecule has 4 aromatic carbocycles. The molecule has 3 heterocycles. The van der Waals surface area contributed by atoms with Crippen molar-refractivity contribution in [1.29, 1.82) is 0 Å². The molecular formula is C42H48N4O4. The van der Waals surface area contributed by atoms with Gasteiger partial charge in [-0.15, -0.1) is 0 Å². The fourth-order valence-corrected chi connectivity index (χ4v) is 6.86. The summed E-state index contributed by atoms with van der Waals surface area (Å²) in [4.78, 5) is 26.3. The van der Waals surface area contributed by atoms with Gasteiger partial charge in [0.2, 0.25) is 11.8 Å². The Hall–Kier alpha value is -4.95. The highest BCUT2D eigenvalue weighted by molar-refractivity contribution is 6.02. The summed E-state index contributed by atoms with van der Waals surface area (Å²) < 4.78 is 13.9. The molecule has 0 bridgehead atoms. The molecule has 1 unspecified atom stereocenters. The number of fused-ring (bicyclic) bond motifs is 2. The molecule has 50 heavy (non-hydrogen) atoms. The number of hydrogen-bond acceptors (Lipinski definition) is 6. The molecule has 1 atom stereocenters. The Labute approximate surface area is 295 Å². The van der Waals surface area contributed by atoms with E-state index < -0.39 is 5.92 Å². The highest BCUT2D eigenvalue weighted by atomic mass is 16.5. The normalized spacial score (nSPS) is 17.7. The summed E-state index contributed by atoms with van der Waals surface area (Å²) in [6.45, 7) is 3.56. The van der Waals surface area contributed by atoms with E-state index in [4.69, 9.17) is 9.47 Å². The van der Waals surface area contributed by atoms with Crippen LogP contribution in [0.4, 0.5) is 0 Å². The van der Waals surface area contributed by atoms with Gasteiger partial charge in [0.15, 0.2) is 0 Å². The fourth-order valence-electron chi connectivity index (χ4n) is 6.86. The van der Waals surface area contributed by atoms with Crippen LogP contribution >= 0.6 is 0 Å². The van der Waals surface area contributed by atoms with Crippen molar-refractivity contribution in [3.8, 4) is 11.5 Å². The van der Waals surface area contributed by atoms with Crippen LogP contribution < -0.4 is 14.8 Å². The van der Waals surface area contributed by atoms with Crippen molar-refractivity contribution in [2.45, 2.75) is 63.4 Å². The number of aromatic nitrogens is 2.